The van der Waals surface area contributed by atoms with E-state index >= 15 is 0 Å². The third kappa shape index (κ3) is 8.98. The standard InChI is InChI=1S/C19H32N4O2/c1-14(2)11-20-19(22-13-18(24)23(5)6)21-12-16(4)25-17-9-7-8-15(3)10-17/h7-10,14,16H,11-13H2,1-6H3,(H2,20,21,22). The summed E-state index contributed by atoms with van der Waals surface area (Å²) in [5.74, 6) is 1.93. The minimum atomic E-state index is -0.0327. The summed E-state index contributed by atoms with van der Waals surface area (Å²) in [4.78, 5) is 17.6. The number of aryl methyl sites for hydroxylation is 1. The van der Waals surface area contributed by atoms with Crippen molar-refractivity contribution in [2.75, 3.05) is 33.7 Å². The van der Waals surface area contributed by atoms with Gasteiger partial charge in [-0.05, 0) is 37.5 Å². The molecule has 2 N–H and O–H groups in total. The van der Waals surface area contributed by atoms with Gasteiger partial charge in [0.1, 0.15) is 18.4 Å². The zero-order chi connectivity index (χ0) is 18.8. The van der Waals surface area contributed by atoms with Gasteiger partial charge >= 0.3 is 0 Å². The molecule has 6 heteroatoms. The average molecular weight is 348 g/mol. The fourth-order valence-electron chi connectivity index (χ4n) is 1.97. The lowest BCUT2D eigenvalue weighted by molar-refractivity contribution is -0.127. The van der Waals surface area contributed by atoms with Crippen LogP contribution in [0, 0.1) is 12.8 Å². The highest BCUT2D eigenvalue weighted by molar-refractivity contribution is 5.84. The molecule has 0 heterocycles. The second kappa shape index (κ2) is 10.6. The maximum Gasteiger partial charge on any atom is 0.243 e. The van der Waals surface area contributed by atoms with E-state index in [2.05, 4.69) is 29.5 Å². The number of carbonyl (C=O) groups is 1. The Bertz CT molecular complexity index is 570. The fraction of sp³-hybridized carbons (Fsp3) is 0.579. The number of benzene rings is 1. The summed E-state index contributed by atoms with van der Waals surface area (Å²) in [6, 6.07) is 7.98. The molecule has 1 aromatic carbocycles. The molecule has 0 spiro atoms. The number of nitrogens with one attached hydrogen (secondary N) is 2. The quantitative estimate of drug-likeness (QED) is 0.557. The van der Waals surface area contributed by atoms with E-state index in [-0.39, 0.29) is 18.6 Å². The summed E-state index contributed by atoms with van der Waals surface area (Å²) in [5.41, 5.74) is 1.17. The van der Waals surface area contributed by atoms with E-state index in [1.54, 1.807) is 14.1 Å². The molecule has 1 amide bonds. The van der Waals surface area contributed by atoms with Crippen LogP contribution >= 0.6 is 0 Å². The van der Waals surface area contributed by atoms with Gasteiger partial charge in [-0.3, -0.25) is 4.79 Å². The number of rotatable bonds is 8. The molecule has 1 rings (SSSR count). The Labute approximate surface area is 151 Å². The average Bonchev–Trinajstić information content (AvgIpc) is 2.53. The smallest absolute Gasteiger partial charge is 0.243 e. The lowest BCUT2D eigenvalue weighted by Gasteiger charge is -2.19. The Hall–Kier alpha value is -2.24. The summed E-state index contributed by atoms with van der Waals surface area (Å²) >= 11 is 0. The molecule has 0 radical (unpaired) electrons. The third-order valence-electron chi connectivity index (χ3n) is 3.43. The van der Waals surface area contributed by atoms with Crippen molar-refractivity contribution in [2.24, 2.45) is 10.9 Å². The molecular weight excluding hydrogens is 316 g/mol. The van der Waals surface area contributed by atoms with Crippen LogP contribution in [0.3, 0.4) is 0 Å². The molecule has 0 saturated carbocycles. The lowest BCUT2D eigenvalue weighted by atomic mass is 10.2. The molecular formula is C19H32N4O2. The lowest BCUT2D eigenvalue weighted by Crippen LogP contribution is -2.43. The molecule has 0 aromatic heterocycles. The Balaban J connectivity index is 2.57. The summed E-state index contributed by atoms with van der Waals surface area (Å²) in [6.45, 7) is 9.79. The van der Waals surface area contributed by atoms with Gasteiger partial charge in [0, 0.05) is 20.6 Å². The van der Waals surface area contributed by atoms with Crippen LogP contribution < -0.4 is 15.4 Å². The number of ether oxygens (including phenoxy) is 1. The first-order valence-corrected chi connectivity index (χ1v) is 8.73. The normalized spacial score (nSPS) is 12.7. The molecule has 1 unspecified atom stereocenters. The van der Waals surface area contributed by atoms with Gasteiger partial charge in [0.2, 0.25) is 5.91 Å². The number of aliphatic imine (C=N–C) groups is 1. The zero-order valence-corrected chi connectivity index (χ0v) is 16.3. The number of guanidine groups is 1. The van der Waals surface area contributed by atoms with E-state index in [0.717, 1.165) is 12.3 Å². The fourth-order valence-corrected chi connectivity index (χ4v) is 1.97. The van der Waals surface area contributed by atoms with Crippen LogP contribution in [0.5, 0.6) is 5.75 Å². The summed E-state index contributed by atoms with van der Waals surface area (Å²) in [5, 5.41) is 6.50. The van der Waals surface area contributed by atoms with Crippen LogP contribution in [0.15, 0.2) is 29.3 Å². The Morgan fingerprint density at radius 1 is 1.20 bits per heavy atom. The van der Waals surface area contributed by atoms with Gasteiger partial charge in [-0.2, -0.15) is 0 Å². The van der Waals surface area contributed by atoms with Crippen molar-refractivity contribution in [1.82, 2.24) is 15.5 Å². The van der Waals surface area contributed by atoms with Crippen molar-refractivity contribution in [1.29, 1.82) is 0 Å². The Morgan fingerprint density at radius 2 is 1.88 bits per heavy atom. The molecule has 0 aliphatic carbocycles. The monoisotopic (exact) mass is 348 g/mol. The molecule has 25 heavy (non-hydrogen) atoms. The number of carbonyl (C=O) groups excluding carboxylic acids is 1. The minimum Gasteiger partial charge on any atom is -0.489 e. The number of nitrogens with zero attached hydrogens (tertiary/aromatic N) is 2. The summed E-state index contributed by atoms with van der Waals surface area (Å²) in [7, 11) is 3.45. The van der Waals surface area contributed by atoms with E-state index in [1.165, 1.54) is 10.5 Å². The van der Waals surface area contributed by atoms with Gasteiger partial charge < -0.3 is 20.3 Å². The number of hydrogen-bond donors (Lipinski definition) is 2. The first-order valence-electron chi connectivity index (χ1n) is 8.73. The van der Waals surface area contributed by atoms with Crippen LogP contribution in [0.25, 0.3) is 0 Å². The maximum absolute atomic E-state index is 11.7. The molecule has 140 valence electrons. The molecule has 0 aliphatic rings. The molecule has 6 nitrogen and oxygen atoms in total. The van der Waals surface area contributed by atoms with Crippen molar-refractivity contribution < 1.29 is 9.53 Å². The van der Waals surface area contributed by atoms with Crippen molar-refractivity contribution in [2.45, 2.75) is 33.8 Å². The van der Waals surface area contributed by atoms with Gasteiger partial charge in [0.25, 0.3) is 0 Å². The highest BCUT2D eigenvalue weighted by Gasteiger charge is 2.08. The van der Waals surface area contributed by atoms with Gasteiger partial charge in [-0.15, -0.1) is 0 Å². The van der Waals surface area contributed by atoms with E-state index in [0.29, 0.717) is 18.4 Å². The minimum absolute atomic E-state index is 0.0302. The van der Waals surface area contributed by atoms with Crippen molar-refractivity contribution in [3.05, 3.63) is 29.8 Å². The maximum atomic E-state index is 11.7. The summed E-state index contributed by atoms with van der Waals surface area (Å²) in [6.07, 6.45) is -0.0302. The van der Waals surface area contributed by atoms with E-state index in [9.17, 15) is 4.79 Å². The largest absolute Gasteiger partial charge is 0.489 e. The van der Waals surface area contributed by atoms with Gasteiger partial charge in [-0.1, -0.05) is 26.0 Å². The summed E-state index contributed by atoms with van der Waals surface area (Å²) < 4.78 is 5.91. The zero-order valence-electron chi connectivity index (χ0n) is 16.3. The molecule has 0 fully saturated rings. The van der Waals surface area contributed by atoms with Crippen molar-refractivity contribution in [3.63, 3.8) is 0 Å². The van der Waals surface area contributed by atoms with Crippen LogP contribution in [0.2, 0.25) is 0 Å². The highest BCUT2D eigenvalue weighted by Crippen LogP contribution is 2.13. The predicted molar refractivity (Wildman–Crippen MR) is 103 cm³/mol. The first kappa shape index (κ1) is 20.8. The molecule has 0 saturated heterocycles. The first-order chi connectivity index (χ1) is 11.8. The molecule has 0 aliphatic heterocycles. The Morgan fingerprint density at radius 3 is 2.48 bits per heavy atom. The SMILES string of the molecule is Cc1cccc(OC(C)CNC(=NCC(=O)N(C)C)NCC(C)C)c1. The van der Waals surface area contributed by atoms with Crippen LogP contribution in [0.4, 0.5) is 0 Å². The number of amides is 1. The molecule has 1 aromatic rings. The second-order valence-corrected chi connectivity index (χ2v) is 6.85. The van der Waals surface area contributed by atoms with E-state index in [4.69, 9.17) is 4.74 Å². The van der Waals surface area contributed by atoms with Crippen LogP contribution in [-0.4, -0.2) is 56.6 Å². The van der Waals surface area contributed by atoms with E-state index in [1.807, 2.05) is 38.1 Å². The third-order valence-corrected chi connectivity index (χ3v) is 3.43. The van der Waals surface area contributed by atoms with Gasteiger partial charge in [0.05, 0.1) is 6.54 Å². The molecule has 1 atom stereocenters. The number of hydrogen-bond acceptors (Lipinski definition) is 3. The van der Waals surface area contributed by atoms with E-state index < -0.39 is 0 Å². The topological polar surface area (TPSA) is 66.0 Å². The van der Waals surface area contributed by atoms with Crippen molar-refractivity contribution >= 4 is 11.9 Å². The van der Waals surface area contributed by atoms with Gasteiger partial charge in [-0.25, -0.2) is 4.99 Å². The second-order valence-electron chi connectivity index (χ2n) is 6.85. The predicted octanol–water partition coefficient (Wildman–Crippen LogP) is 2.04. The van der Waals surface area contributed by atoms with Crippen LogP contribution in [0.1, 0.15) is 26.3 Å². The molecule has 0 bridgehead atoms. The number of likely N-dealkylation sites (N-methyl/N-ethyl adjacent to an activating group) is 1. The highest BCUT2D eigenvalue weighted by atomic mass is 16.5. The van der Waals surface area contributed by atoms with Crippen molar-refractivity contribution in [3.8, 4) is 5.75 Å². The Kier molecular flexibility index (Phi) is 8.81. The van der Waals surface area contributed by atoms with Crippen LogP contribution in [-0.2, 0) is 4.79 Å². The van der Waals surface area contributed by atoms with Gasteiger partial charge in [0.15, 0.2) is 5.96 Å².